The van der Waals surface area contributed by atoms with Crippen molar-refractivity contribution >= 4 is 5.97 Å². The lowest BCUT2D eigenvalue weighted by atomic mass is 9.91. The van der Waals surface area contributed by atoms with E-state index in [1.165, 1.54) is 7.11 Å². The summed E-state index contributed by atoms with van der Waals surface area (Å²) in [5.41, 5.74) is -1.31. The van der Waals surface area contributed by atoms with Gasteiger partial charge in [0.05, 0.1) is 13.5 Å². The minimum Gasteiger partial charge on any atom is -0.496 e. The topological polar surface area (TPSA) is 55.8 Å². The Kier molecular flexibility index (Phi) is 4.58. The summed E-state index contributed by atoms with van der Waals surface area (Å²) in [6.07, 6.45) is -0.120. The number of hydrogen-bond donors (Lipinski definition) is 1. The number of ether oxygens (including phenoxy) is 2. The lowest BCUT2D eigenvalue weighted by Gasteiger charge is -2.27. The monoisotopic (exact) mass is 266 g/mol. The summed E-state index contributed by atoms with van der Waals surface area (Å²) in [5.74, 6) is 0.111. The molecule has 106 valence electrons. The lowest BCUT2D eigenvalue weighted by molar-refractivity contribution is -0.160. The van der Waals surface area contributed by atoms with Gasteiger partial charge >= 0.3 is 5.97 Å². The van der Waals surface area contributed by atoms with Crippen molar-refractivity contribution in [3.63, 3.8) is 0 Å². The Hall–Kier alpha value is -1.55. The zero-order valence-corrected chi connectivity index (χ0v) is 12.2. The van der Waals surface area contributed by atoms with E-state index in [-0.39, 0.29) is 6.42 Å². The van der Waals surface area contributed by atoms with Crippen LogP contribution < -0.4 is 4.74 Å². The molecule has 0 saturated heterocycles. The predicted molar refractivity (Wildman–Crippen MR) is 73.0 cm³/mol. The molecule has 0 aliphatic rings. The second kappa shape index (κ2) is 5.61. The van der Waals surface area contributed by atoms with Gasteiger partial charge in [-0.05, 0) is 33.8 Å². The summed E-state index contributed by atoms with van der Waals surface area (Å²) in [7, 11) is 1.53. The van der Waals surface area contributed by atoms with Gasteiger partial charge < -0.3 is 14.6 Å². The van der Waals surface area contributed by atoms with E-state index in [1.54, 1.807) is 45.9 Å². The summed E-state index contributed by atoms with van der Waals surface area (Å²) in [4.78, 5) is 11.8. The lowest BCUT2D eigenvalue weighted by Crippen LogP contribution is -2.31. The van der Waals surface area contributed by atoms with Gasteiger partial charge in [0.25, 0.3) is 0 Å². The molecule has 1 aromatic carbocycles. The Morgan fingerprint density at radius 1 is 1.21 bits per heavy atom. The number of para-hydroxylation sites is 1. The van der Waals surface area contributed by atoms with E-state index in [4.69, 9.17) is 9.47 Å². The fourth-order valence-corrected chi connectivity index (χ4v) is 1.84. The average Bonchev–Trinajstić information content (AvgIpc) is 2.25. The van der Waals surface area contributed by atoms with Gasteiger partial charge in [-0.2, -0.15) is 0 Å². The number of carbonyl (C=O) groups excluding carboxylic acids is 1. The van der Waals surface area contributed by atoms with Gasteiger partial charge in [0.15, 0.2) is 0 Å². The van der Waals surface area contributed by atoms with Crippen molar-refractivity contribution in [3.8, 4) is 5.75 Å². The smallest absolute Gasteiger partial charge is 0.309 e. The van der Waals surface area contributed by atoms with Crippen LogP contribution in [0.2, 0.25) is 0 Å². The maximum Gasteiger partial charge on any atom is 0.309 e. The first-order chi connectivity index (χ1) is 8.65. The van der Waals surface area contributed by atoms with Crippen LogP contribution in [0.25, 0.3) is 0 Å². The standard InChI is InChI=1S/C15H22O4/c1-14(2,3)19-13(16)10-15(4,17)11-8-6-7-9-12(11)18-5/h6-9,17H,10H2,1-5H3/t15-/m0/s1. The Bertz CT molecular complexity index is 444. The first-order valence-corrected chi connectivity index (χ1v) is 6.23. The molecule has 0 fully saturated rings. The van der Waals surface area contributed by atoms with Crippen LogP contribution >= 0.6 is 0 Å². The third-order valence-electron chi connectivity index (χ3n) is 2.60. The van der Waals surface area contributed by atoms with Gasteiger partial charge in [-0.3, -0.25) is 4.79 Å². The molecule has 0 saturated carbocycles. The van der Waals surface area contributed by atoms with Gasteiger partial charge in [0.1, 0.15) is 17.0 Å². The van der Waals surface area contributed by atoms with Crippen LogP contribution in [-0.4, -0.2) is 23.8 Å². The van der Waals surface area contributed by atoms with E-state index in [9.17, 15) is 9.90 Å². The van der Waals surface area contributed by atoms with Crippen LogP contribution in [-0.2, 0) is 15.1 Å². The zero-order chi connectivity index (χ0) is 14.7. The van der Waals surface area contributed by atoms with E-state index in [0.29, 0.717) is 11.3 Å². The summed E-state index contributed by atoms with van der Waals surface area (Å²) < 4.78 is 10.4. The molecule has 1 rings (SSSR count). The summed E-state index contributed by atoms with van der Waals surface area (Å²) >= 11 is 0. The third kappa shape index (κ3) is 4.56. The van der Waals surface area contributed by atoms with E-state index in [0.717, 1.165) is 0 Å². The molecule has 0 amide bonds. The third-order valence-corrected chi connectivity index (χ3v) is 2.60. The molecule has 4 nitrogen and oxygen atoms in total. The minimum absolute atomic E-state index is 0.120. The van der Waals surface area contributed by atoms with E-state index >= 15 is 0 Å². The SMILES string of the molecule is COc1ccccc1[C@@](C)(O)CC(=O)OC(C)(C)C. The fourth-order valence-electron chi connectivity index (χ4n) is 1.84. The largest absolute Gasteiger partial charge is 0.496 e. The molecule has 0 bridgehead atoms. The molecule has 1 aromatic rings. The second-order valence-corrected chi connectivity index (χ2v) is 5.74. The van der Waals surface area contributed by atoms with Gasteiger partial charge in [-0.15, -0.1) is 0 Å². The van der Waals surface area contributed by atoms with Crippen molar-refractivity contribution in [2.45, 2.75) is 45.3 Å². The number of carbonyl (C=O) groups is 1. The van der Waals surface area contributed by atoms with Gasteiger partial charge in [0.2, 0.25) is 0 Å². The number of methoxy groups -OCH3 is 1. The maximum atomic E-state index is 11.8. The van der Waals surface area contributed by atoms with Gasteiger partial charge in [-0.25, -0.2) is 0 Å². The zero-order valence-electron chi connectivity index (χ0n) is 12.2. The van der Waals surface area contributed by atoms with Crippen molar-refractivity contribution < 1.29 is 19.4 Å². The average molecular weight is 266 g/mol. The highest BCUT2D eigenvalue weighted by Crippen LogP contribution is 2.32. The Morgan fingerprint density at radius 3 is 2.32 bits per heavy atom. The fraction of sp³-hybridized carbons (Fsp3) is 0.533. The highest BCUT2D eigenvalue weighted by atomic mass is 16.6. The van der Waals surface area contributed by atoms with E-state index in [2.05, 4.69) is 0 Å². The molecule has 19 heavy (non-hydrogen) atoms. The molecular formula is C15H22O4. The molecule has 4 heteroatoms. The molecule has 0 aliphatic heterocycles. The summed E-state index contributed by atoms with van der Waals surface area (Å²) in [6, 6.07) is 7.09. The van der Waals surface area contributed by atoms with Crippen molar-refractivity contribution in [2.24, 2.45) is 0 Å². The second-order valence-electron chi connectivity index (χ2n) is 5.74. The van der Waals surface area contributed by atoms with Crippen LogP contribution in [0.3, 0.4) is 0 Å². The summed E-state index contributed by atoms with van der Waals surface area (Å²) in [6.45, 7) is 6.96. The molecule has 0 heterocycles. The van der Waals surface area contributed by atoms with Crippen molar-refractivity contribution in [2.75, 3.05) is 7.11 Å². The van der Waals surface area contributed by atoms with Crippen LogP contribution in [0, 0.1) is 0 Å². The van der Waals surface area contributed by atoms with E-state index < -0.39 is 17.2 Å². The number of hydrogen-bond acceptors (Lipinski definition) is 4. The number of rotatable bonds is 4. The molecule has 1 atom stereocenters. The Morgan fingerprint density at radius 2 is 1.79 bits per heavy atom. The minimum atomic E-state index is -1.32. The van der Waals surface area contributed by atoms with Gasteiger partial charge in [0, 0.05) is 5.56 Å². The molecule has 0 aromatic heterocycles. The maximum absolute atomic E-state index is 11.8. The number of aliphatic hydroxyl groups is 1. The van der Waals surface area contributed by atoms with Crippen LogP contribution in [0.15, 0.2) is 24.3 Å². The molecule has 0 unspecified atom stereocenters. The molecule has 0 spiro atoms. The summed E-state index contributed by atoms with van der Waals surface area (Å²) in [5, 5.41) is 10.5. The Labute approximate surface area is 114 Å². The molecule has 0 aliphatic carbocycles. The number of benzene rings is 1. The molecule has 1 N–H and O–H groups in total. The molecular weight excluding hydrogens is 244 g/mol. The van der Waals surface area contributed by atoms with Crippen LogP contribution in [0.5, 0.6) is 5.75 Å². The predicted octanol–water partition coefficient (Wildman–Crippen LogP) is 2.63. The first-order valence-electron chi connectivity index (χ1n) is 6.23. The number of esters is 1. The van der Waals surface area contributed by atoms with Gasteiger partial charge in [-0.1, -0.05) is 18.2 Å². The van der Waals surface area contributed by atoms with Crippen LogP contribution in [0.4, 0.5) is 0 Å². The first kappa shape index (κ1) is 15.5. The van der Waals surface area contributed by atoms with Crippen molar-refractivity contribution in [1.29, 1.82) is 0 Å². The Balaban J connectivity index is 2.89. The van der Waals surface area contributed by atoms with E-state index in [1.807, 2.05) is 6.07 Å². The van der Waals surface area contributed by atoms with Crippen molar-refractivity contribution in [1.82, 2.24) is 0 Å². The normalized spacial score (nSPS) is 14.6. The highest BCUT2D eigenvalue weighted by Gasteiger charge is 2.31. The van der Waals surface area contributed by atoms with Crippen LogP contribution in [0.1, 0.15) is 39.7 Å². The quantitative estimate of drug-likeness (QED) is 0.851. The highest BCUT2D eigenvalue weighted by molar-refractivity contribution is 5.71. The molecule has 0 radical (unpaired) electrons. The van der Waals surface area contributed by atoms with Crippen molar-refractivity contribution in [3.05, 3.63) is 29.8 Å².